The van der Waals surface area contributed by atoms with E-state index in [-0.39, 0.29) is 36.5 Å². The molecule has 1 aliphatic carbocycles. The van der Waals surface area contributed by atoms with Crippen LogP contribution in [0.5, 0.6) is 0 Å². The Balaban J connectivity index is 1.58. The van der Waals surface area contributed by atoms with E-state index in [0.717, 1.165) is 18.4 Å². The first-order valence-electron chi connectivity index (χ1n) is 10.4. The average molecular weight is 418 g/mol. The molecule has 1 heterocycles. The summed E-state index contributed by atoms with van der Waals surface area (Å²) in [7, 11) is 5.39. The molecule has 30 heavy (non-hydrogen) atoms. The fourth-order valence-electron chi connectivity index (χ4n) is 4.45. The highest BCUT2D eigenvalue weighted by atomic mass is 16.5. The van der Waals surface area contributed by atoms with E-state index in [0.29, 0.717) is 19.4 Å². The first kappa shape index (κ1) is 22.1. The van der Waals surface area contributed by atoms with E-state index in [2.05, 4.69) is 10.2 Å². The van der Waals surface area contributed by atoms with Crippen molar-refractivity contribution in [1.82, 2.24) is 15.1 Å². The Kier molecular flexibility index (Phi) is 7.31. The van der Waals surface area contributed by atoms with Crippen LogP contribution in [-0.4, -0.2) is 73.6 Å². The third-order valence-electron chi connectivity index (χ3n) is 6.17. The predicted molar refractivity (Wildman–Crippen MR) is 111 cm³/mol. The molecule has 1 aromatic carbocycles. The first-order valence-corrected chi connectivity index (χ1v) is 10.4. The molecule has 4 unspecified atom stereocenters. The Morgan fingerprint density at radius 1 is 1.17 bits per heavy atom. The largest absolute Gasteiger partial charge is 0.469 e. The van der Waals surface area contributed by atoms with Crippen molar-refractivity contribution in [3.8, 4) is 0 Å². The molecular weight excluding hydrogens is 386 g/mol. The zero-order valence-corrected chi connectivity index (χ0v) is 17.9. The second-order valence-corrected chi connectivity index (χ2v) is 8.21. The van der Waals surface area contributed by atoms with Gasteiger partial charge in [0.05, 0.1) is 13.0 Å². The Labute approximate surface area is 177 Å². The molecule has 164 valence electrons. The quantitative estimate of drug-likeness (QED) is 0.710. The maximum absolute atomic E-state index is 13.0. The smallest absolute Gasteiger partial charge is 0.408 e. The fraction of sp³-hybridized carbons (Fsp3) is 0.591. The number of amides is 2. The van der Waals surface area contributed by atoms with E-state index in [4.69, 9.17) is 9.47 Å². The van der Waals surface area contributed by atoms with Gasteiger partial charge in [-0.3, -0.25) is 9.59 Å². The summed E-state index contributed by atoms with van der Waals surface area (Å²) in [5.41, 5.74) is 0.880. The van der Waals surface area contributed by atoms with Crippen LogP contribution >= 0.6 is 0 Å². The van der Waals surface area contributed by atoms with Gasteiger partial charge in [-0.1, -0.05) is 30.3 Å². The standard InChI is InChI=1S/C22H31N3O5/c1-24(2)16-9-10-19(17(13-16)21(27)29-3)25-12-11-18(20(25)26)23-22(28)30-14-15-7-5-4-6-8-15/h4-8,16-19H,9-14H2,1-3H3,(H,23,28). The van der Waals surface area contributed by atoms with Crippen LogP contribution in [0.25, 0.3) is 0 Å². The molecule has 1 saturated heterocycles. The van der Waals surface area contributed by atoms with Crippen LogP contribution in [0.1, 0.15) is 31.2 Å². The van der Waals surface area contributed by atoms with E-state index in [1.165, 1.54) is 7.11 Å². The zero-order valence-electron chi connectivity index (χ0n) is 17.9. The number of rotatable bonds is 6. The maximum atomic E-state index is 13.0. The Morgan fingerprint density at radius 3 is 2.57 bits per heavy atom. The minimum atomic E-state index is -0.627. The van der Waals surface area contributed by atoms with Crippen molar-refractivity contribution < 1.29 is 23.9 Å². The van der Waals surface area contributed by atoms with Gasteiger partial charge in [-0.2, -0.15) is 0 Å². The van der Waals surface area contributed by atoms with Crippen molar-refractivity contribution in [2.75, 3.05) is 27.7 Å². The van der Waals surface area contributed by atoms with Crippen LogP contribution in [0.15, 0.2) is 30.3 Å². The molecule has 0 spiro atoms. The second kappa shape index (κ2) is 9.93. The van der Waals surface area contributed by atoms with Crippen LogP contribution < -0.4 is 5.32 Å². The average Bonchev–Trinajstić information content (AvgIpc) is 3.11. The van der Waals surface area contributed by atoms with E-state index < -0.39 is 12.1 Å². The van der Waals surface area contributed by atoms with Gasteiger partial charge in [-0.25, -0.2) is 4.79 Å². The lowest BCUT2D eigenvalue weighted by atomic mass is 9.80. The van der Waals surface area contributed by atoms with Gasteiger partial charge in [-0.15, -0.1) is 0 Å². The number of benzene rings is 1. The number of hydrogen-bond acceptors (Lipinski definition) is 6. The van der Waals surface area contributed by atoms with E-state index >= 15 is 0 Å². The van der Waals surface area contributed by atoms with E-state index in [9.17, 15) is 14.4 Å². The van der Waals surface area contributed by atoms with Gasteiger partial charge >= 0.3 is 12.1 Å². The first-order chi connectivity index (χ1) is 14.4. The summed E-state index contributed by atoms with van der Waals surface area (Å²) < 4.78 is 10.3. The Morgan fingerprint density at radius 2 is 1.90 bits per heavy atom. The zero-order chi connectivity index (χ0) is 21.7. The molecule has 1 N–H and O–H groups in total. The van der Waals surface area contributed by atoms with Crippen molar-refractivity contribution in [2.45, 2.75) is 50.4 Å². The minimum Gasteiger partial charge on any atom is -0.469 e. The topological polar surface area (TPSA) is 88.2 Å². The number of hydrogen-bond donors (Lipinski definition) is 1. The van der Waals surface area contributed by atoms with Crippen molar-refractivity contribution in [1.29, 1.82) is 0 Å². The summed E-state index contributed by atoms with van der Waals surface area (Å²) >= 11 is 0. The van der Waals surface area contributed by atoms with Crippen LogP contribution in [0.4, 0.5) is 4.79 Å². The number of alkyl carbamates (subject to hydrolysis) is 1. The number of carbonyl (C=O) groups is 3. The van der Waals surface area contributed by atoms with Gasteiger partial charge in [0, 0.05) is 18.6 Å². The molecule has 3 rings (SSSR count). The van der Waals surface area contributed by atoms with Crippen molar-refractivity contribution in [2.24, 2.45) is 5.92 Å². The van der Waals surface area contributed by atoms with Gasteiger partial charge in [-0.05, 0) is 45.3 Å². The van der Waals surface area contributed by atoms with Crippen LogP contribution in [-0.2, 0) is 25.7 Å². The molecule has 8 heteroatoms. The third-order valence-corrected chi connectivity index (χ3v) is 6.17. The third kappa shape index (κ3) is 5.11. The summed E-state index contributed by atoms with van der Waals surface area (Å²) in [5, 5.41) is 2.68. The predicted octanol–water partition coefficient (Wildman–Crippen LogP) is 1.79. The summed E-state index contributed by atoms with van der Waals surface area (Å²) in [5.74, 6) is -0.796. The van der Waals surface area contributed by atoms with Crippen LogP contribution in [0.3, 0.4) is 0 Å². The van der Waals surface area contributed by atoms with E-state index in [1.54, 1.807) is 4.90 Å². The van der Waals surface area contributed by atoms with Crippen molar-refractivity contribution >= 4 is 18.0 Å². The highest BCUT2D eigenvalue weighted by Gasteiger charge is 2.45. The maximum Gasteiger partial charge on any atom is 0.408 e. The number of methoxy groups -OCH3 is 1. The SMILES string of the molecule is COC(=O)C1CC(N(C)C)CCC1N1CCC(NC(=O)OCc2ccccc2)C1=O. The van der Waals surface area contributed by atoms with Gasteiger partial charge < -0.3 is 24.6 Å². The molecule has 1 aromatic rings. The molecule has 8 nitrogen and oxygen atoms in total. The highest BCUT2D eigenvalue weighted by molar-refractivity contribution is 5.88. The lowest BCUT2D eigenvalue weighted by Crippen LogP contribution is -2.52. The summed E-state index contributed by atoms with van der Waals surface area (Å²) in [6, 6.07) is 8.83. The lowest BCUT2D eigenvalue weighted by Gasteiger charge is -2.41. The number of ether oxygens (including phenoxy) is 2. The number of nitrogens with one attached hydrogen (secondary N) is 1. The Hall–Kier alpha value is -2.61. The molecule has 1 saturated carbocycles. The number of nitrogens with zero attached hydrogens (tertiary/aromatic N) is 2. The summed E-state index contributed by atoms with van der Waals surface area (Å²) in [6.07, 6.45) is 2.19. The van der Waals surface area contributed by atoms with Crippen LogP contribution in [0, 0.1) is 5.92 Å². The molecule has 4 atom stereocenters. The summed E-state index contributed by atoms with van der Waals surface area (Å²) in [6.45, 7) is 0.656. The second-order valence-electron chi connectivity index (χ2n) is 8.21. The van der Waals surface area contributed by atoms with Gasteiger partial charge in [0.15, 0.2) is 0 Å². The fourth-order valence-corrected chi connectivity index (χ4v) is 4.45. The van der Waals surface area contributed by atoms with E-state index in [1.807, 2.05) is 44.4 Å². The molecule has 2 fully saturated rings. The highest BCUT2D eigenvalue weighted by Crippen LogP contribution is 2.33. The molecule has 2 aliphatic rings. The van der Waals surface area contributed by atoms with Gasteiger partial charge in [0.2, 0.25) is 5.91 Å². The molecule has 0 aromatic heterocycles. The molecular formula is C22H31N3O5. The van der Waals surface area contributed by atoms with Crippen LogP contribution in [0.2, 0.25) is 0 Å². The van der Waals surface area contributed by atoms with Crippen molar-refractivity contribution in [3.63, 3.8) is 0 Å². The van der Waals surface area contributed by atoms with Crippen molar-refractivity contribution in [3.05, 3.63) is 35.9 Å². The molecule has 0 radical (unpaired) electrons. The Bertz CT molecular complexity index is 754. The number of carbonyl (C=O) groups excluding carboxylic acids is 3. The monoisotopic (exact) mass is 417 g/mol. The molecule has 2 amide bonds. The van der Waals surface area contributed by atoms with Gasteiger partial charge in [0.1, 0.15) is 12.6 Å². The molecule has 0 bridgehead atoms. The lowest BCUT2D eigenvalue weighted by molar-refractivity contribution is -0.152. The number of esters is 1. The summed E-state index contributed by atoms with van der Waals surface area (Å²) in [4.78, 5) is 41.4. The number of likely N-dealkylation sites (tertiary alicyclic amines) is 1. The normalized spacial score (nSPS) is 26.5. The molecule has 1 aliphatic heterocycles. The minimum absolute atomic E-state index is 0.149. The van der Waals surface area contributed by atoms with Gasteiger partial charge in [0.25, 0.3) is 0 Å².